The largest absolute Gasteiger partial charge is 0.444 e. The average molecular weight is 523 g/mol. The molecule has 9 heteroatoms. The fourth-order valence-corrected chi connectivity index (χ4v) is 3.66. The maximum Gasteiger partial charge on any atom is 0.407 e. The standard InChI is InChI=1S/C20H37N5O3.HI/c1-5-21-18(22-11-12-23-19(27)28-20(2,3)4)24-16-10-13-25(14-16)17(26)15-8-6-7-9-15;/h15-16H,5-14H2,1-4H3,(H,23,27)(H2,21,22,24);1H. The van der Waals surface area contributed by atoms with Crippen molar-refractivity contribution in [3.63, 3.8) is 0 Å². The van der Waals surface area contributed by atoms with Gasteiger partial charge in [-0.15, -0.1) is 24.0 Å². The van der Waals surface area contributed by atoms with Crippen LogP contribution in [0.3, 0.4) is 0 Å². The van der Waals surface area contributed by atoms with Crippen LogP contribution in [0.2, 0.25) is 0 Å². The molecule has 1 unspecified atom stereocenters. The Hall–Kier alpha value is -1.26. The molecule has 1 atom stereocenters. The minimum absolute atomic E-state index is 0. The minimum Gasteiger partial charge on any atom is -0.444 e. The van der Waals surface area contributed by atoms with Gasteiger partial charge in [0.25, 0.3) is 0 Å². The molecule has 2 rings (SSSR count). The summed E-state index contributed by atoms with van der Waals surface area (Å²) in [6.07, 6.45) is 4.95. The van der Waals surface area contributed by atoms with Crippen LogP contribution in [0.1, 0.15) is 59.8 Å². The number of guanidine groups is 1. The van der Waals surface area contributed by atoms with E-state index >= 15 is 0 Å². The fourth-order valence-electron chi connectivity index (χ4n) is 3.66. The van der Waals surface area contributed by atoms with Crippen molar-refractivity contribution >= 4 is 41.9 Å². The van der Waals surface area contributed by atoms with Gasteiger partial charge in [0.1, 0.15) is 5.60 Å². The van der Waals surface area contributed by atoms with Crippen molar-refractivity contribution in [1.29, 1.82) is 0 Å². The molecule has 0 aromatic heterocycles. The van der Waals surface area contributed by atoms with E-state index in [0.29, 0.717) is 25.0 Å². The lowest BCUT2D eigenvalue weighted by Crippen LogP contribution is -2.45. The lowest BCUT2D eigenvalue weighted by molar-refractivity contribution is -0.134. The van der Waals surface area contributed by atoms with Crippen LogP contribution in [-0.2, 0) is 9.53 Å². The van der Waals surface area contributed by atoms with E-state index in [1.807, 2.05) is 32.6 Å². The Morgan fingerprint density at radius 3 is 2.45 bits per heavy atom. The quantitative estimate of drug-likeness (QED) is 0.215. The summed E-state index contributed by atoms with van der Waals surface area (Å²) in [5, 5.41) is 9.35. The second-order valence-corrected chi connectivity index (χ2v) is 8.58. The minimum atomic E-state index is -0.506. The van der Waals surface area contributed by atoms with Gasteiger partial charge in [-0.2, -0.15) is 0 Å². The van der Waals surface area contributed by atoms with Crippen LogP contribution >= 0.6 is 24.0 Å². The highest BCUT2D eigenvalue weighted by Gasteiger charge is 2.32. The zero-order valence-corrected chi connectivity index (χ0v) is 20.6. The van der Waals surface area contributed by atoms with E-state index in [4.69, 9.17) is 4.74 Å². The normalized spacial score (nSPS) is 20.2. The summed E-state index contributed by atoms with van der Waals surface area (Å²) in [7, 11) is 0. The Morgan fingerprint density at radius 1 is 1.14 bits per heavy atom. The summed E-state index contributed by atoms with van der Waals surface area (Å²) in [6.45, 7) is 10.7. The van der Waals surface area contributed by atoms with E-state index < -0.39 is 11.7 Å². The third-order valence-electron chi connectivity index (χ3n) is 4.94. The summed E-state index contributed by atoms with van der Waals surface area (Å²) in [4.78, 5) is 30.8. The Balaban J connectivity index is 0.00000420. The van der Waals surface area contributed by atoms with Gasteiger partial charge in [-0.3, -0.25) is 9.79 Å². The third kappa shape index (κ3) is 9.39. The molecule has 0 bridgehead atoms. The topological polar surface area (TPSA) is 95.1 Å². The molecule has 0 spiro atoms. The predicted molar refractivity (Wildman–Crippen MR) is 126 cm³/mol. The molecule has 1 heterocycles. The highest BCUT2D eigenvalue weighted by molar-refractivity contribution is 14.0. The molecule has 1 aliphatic heterocycles. The highest BCUT2D eigenvalue weighted by atomic mass is 127. The van der Waals surface area contributed by atoms with Gasteiger partial charge in [0.2, 0.25) is 5.91 Å². The lowest BCUT2D eigenvalue weighted by atomic mass is 10.1. The molecular weight excluding hydrogens is 485 g/mol. The number of alkyl carbamates (subject to hydrolysis) is 1. The van der Waals surface area contributed by atoms with Crippen LogP contribution in [0, 0.1) is 5.92 Å². The summed E-state index contributed by atoms with van der Waals surface area (Å²) >= 11 is 0. The van der Waals surface area contributed by atoms with Crippen LogP contribution in [0.15, 0.2) is 4.99 Å². The van der Waals surface area contributed by atoms with Crippen LogP contribution in [0.25, 0.3) is 0 Å². The Bertz CT molecular complexity index is 559. The molecule has 2 aliphatic rings. The summed E-state index contributed by atoms with van der Waals surface area (Å²) in [5.41, 5.74) is -0.506. The number of aliphatic imine (C=N–C) groups is 1. The molecule has 3 N–H and O–H groups in total. The first-order chi connectivity index (χ1) is 13.3. The molecule has 0 radical (unpaired) electrons. The fraction of sp³-hybridized carbons (Fsp3) is 0.850. The number of halogens is 1. The van der Waals surface area contributed by atoms with Crippen molar-refractivity contribution in [3.8, 4) is 0 Å². The second-order valence-electron chi connectivity index (χ2n) is 8.58. The Kier molecular flexibility index (Phi) is 11.1. The number of hydrogen-bond acceptors (Lipinski definition) is 4. The van der Waals surface area contributed by atoms with Gasteiger partial charge < -0.3 is 25.6 Å². The number of likely N-dealkylation sites (tertiary alicyclic amines) is 1. The number of nitrogens with one attached hydrogen (secondary N) is 3. The maximum absolute atomic E-state index is 12.6. The number of ether oxygens (including phenoxy) is 1. The second kappa shape index (κ2) is 12.4. The van der Waals surface area contributed by atoms with Crippen LogP contribution in [0.4, 0.5) is 4.79 Å². The Labute approximate surface area is 192 Å². The summed E-state index contributed by atoms with van der Waals surface area (Å²) < 4.78 is 5.21. The van der Waals surface area contributed by atoms with Crippen molar-refractivity contribution in [2.45, 2.75) is 71.4 Å². The molecule has 1 saturated carbocycles. The van der Waals surface area contributed by atoms with Crippen molar-refractivity contribution in [1.82, 2.24) is 20.9 Å². The molecular formula is C20H38IN5O3. The molecule has 1 aliphatic carbocycles. The smallest absolute Gasteiger partial charge is 0.407 e. The van der Waals surface area contributed by atoms with Crippen molar-refractivity contribution in [2.75, 3.05) is 32.7 Å². The molecule has 0 aromatic rings. The average Bonchev–Trinajstić information content (AvgIpc) is 3.28. The number of carbonyl (C=O) groups is 2. The van der Waals surface area contributed by atoms with E-state index in [9.17, 15) is 9.59 Å². The lowest BCUT2D eigenvalue weighted by Gasteiger charge is -2.21. The number of nitrogens with zero attached hydrogens (tertiary/aromatic N) is 2. The molecule has 2 amide bonds. The van der Waals surface area contributed by atoms with E-state index in [1.165, 1.54) is 12.8 Å². The van der Waals surface area contributed by atoms with Crippen LogP contribution in [-0.4, -0.2) is 67.2 Å². The first kappa shape index (κ1) is 25.8. The van der Waals surface area contributed by atoms with Gasteiger partial charge in [0.05, 0.1) is 6.54 Å². The van der Waals surface area contributed by atoms with Gasteiger partial charge in [-0.05, 0) is 47.0 Å². The van der Waals surface area contributed by atoms with Crippen LogP contribution < -0.4 is 16.0 Å². The highest BCUT2D eigenvalue weighted by Crippen LogP contribution is 2.27. The molecule has 168 valence electrons. The third-order valence-corrected chi connectivity index (χ3v) is 4.94. The van der Waals surface area contributed by atoms with E-state index in [1.54, 1.807) is 0 Å². The summed E-state index contributed by atoms with van der Waals surface area (Å²) in [5.74, 6) is 1.28. The number of hydrogen-bond donors (Lipinski definition) is 3. The van der Waals surface area contributed by atoms with E-state index in [0.717, 1.165) is 38.9 Å². The number of carbonyl (C=O) groups excluding carboxylic acids is 2. The van der Waals surface area contributed by atoms with Gasteiger partial charge in [-0.1, -0.05) is 12.8 Å². The van der Waals surface area contributed by atoms with Crippen molar-refractivity contribution in [3.05, 3.63) is 0 Å². The first-order valence-electron chi connectivity index (χ1n) is 10.6. The zero-order chi connectivity index (χ0) is 20.6. The molecule has 2 fully saturated rings. The Morgan fingerprint density at radius 2 is 1.83 bits per heavy atom. The van der Waals surface area contributed by atoms with Gasteiger partial charge in [-0.25, -0.2) is 4.79 Å². The van der Waals surface area contributed by atoms with Gasteiger partial charge in [0.15, 0.2) is 5.96 Å². The first-order valence-corrected chi connectivity index (χ1v) is 10.6. The molecule has 8 nitrogen and oxygen atoms in total. The number of amides is 2. The van der Waals surface area contributed by atoms with Crippen LogP contribution in [0.5, 0.6) is 0 Å². The monoisotopic (exact) mass is 523 g/mol. The van der Waals surface area contributed by atoms with Crippen molar-refractivity contribution < 1.29 is 14.3 Å². The molecule has 29 heavy (non-hydrogen) atoms. The van der Waals surface area contributed by atoms with Gasteiger partial charge in [0, 0.05) is 38.1 Å². The van der Waals surface area contributed by atoms with Crippen molar-refractivity contribution in [2.24, 2.45) is 10.9 Å². The molecule has 0 aromatic carbocycles. The van der Waals surface area contributed by atoms with Gasteiger partial charge >= 0.3 is 6.09 Å². The number of rotatable bonds is 6. The van der Waals surface area contributed by atoms with E-state index in [2.05, 4.69) is 20.9 Å². The van der Waals surface area contributed by atoms with E-state index in [-0.39, 0.29) is 35.9 Å². The maximum atomic E-state index is 12.6. The zero-order valence-electron chi connectivity index (χ0n) is 18.3. The molecule has 1 saturated heterocycles. The summed E-state index contributed by atoms with van der Waals surface area (Å²) in [6, 6.07) is 0.210. The SMILES string of the molecule is CCNC(=NCCNC(=O)OC(C)(C)C)NC1CCN(C(=O)C2CCCC2)C1.I. The predicted octanol–water partition coefficient (Wildman–Crippen LogP) is 2.48.